The largest absolute Gasteiger partial charge is 0.478 e. The van der Waals surface area contributed by atoms with E-state index in [0.717, 1.165) is 32.4 Å². The molecule has 1 aliphatic rings. The minimum atomic E-state index is -1.09. The highest BCUT2D eigenvalue weighted by Crippen LogP contribution is 2.18. The number of aromatic carboxylic acids is 1. The number of hydrogen-bond acceptors (Lipinski definition) is 6. The van der Waals surface area contributed by atoms with Crippen LogP contribution in [-0.2, 0) is 0 Å². The molecule has 0 bridgehead atoms. The van der Waals surface area contributed by atoms with E-state index in [9.17, 15) is 15.2 Å². The average molecular weight is 318 g/mol. The van der Waals surface area contributed by atoms with Gasteiger partial charge >= 0.3 is 5.97 Å². The molecule has 1 unspecified atom stereocenters. The van der Waals surface area contributed by atoms with E-state index in [1.165, 1.54) is 6.07 Å². The van der Waals surface area contributed by atoms with Gasteiger partial charge in [-0.25, -0.2) is 9.78 Å². The van der Waals surface area contributed by atoms with E-state index >= 15 is 0 Å². The number of likely N-dealkylation sites (tertiary alicyclic amines) is 1. The smallest absolute Gasteiger partial charge is 0.337 e. The highest BCUT2D eigenvalue weighted by molar-refractivity contribution is 5.89. The molecule has 1 atom stereocenters. The highest BCUT2D eigenvalue weighted by atomic mass is 16.4. The first kappa shape index (κ1) is 17.2. The van der Waals surface area contributed by atoms with Crippen LogP contribution in [0.1, 0.15) is 40.9 Å². The summed E-state index contributed by atoms with van der Waals surface area (Å²) in [5, 5.41) is 30.8. The van der Waals surface area contributed by atoms with Crippen LogP contribution in [-0.4, -0.2) is 58.3 Å². The number of hydrogen-bond donors (Lipinski definition) is 3. The molecule has 7 nitrogen and oxygen atoms in total. The molecule has 1 aromatic rings. The van der Waals surface area contributed by atoms with Crippen molar-refractivity contribution in [3.63, 3.8) is 0 Å². The molecule has 2 heterocycles. The summed E-state index contributed by atoms with van der Waals surface area (Å²) in [7, 11) is 0. The molecule has 1 aromatic heterocycles. The number of carboxylic acid groups (broad SMARTS) is 1. The van der Waals surface area contributed by atoms with Gasteiger partial charge in [0.1, 0.15) is 11.9 Å². The molecular formula is C16H22N4O3. The van der Waals surface area contributed by atoms with E-state index in [1.807, 2.05) is 6.07 Å². The molecule has 0 aliphatic carbocycles. The van der Waals surface area contributed by atoms with Crippen molar-refractivity contribution in [3.05, 3.63) is 22.9 Å². The zero-order valence-electron chi connectivity index (χ0n) is 13.2. The van der Waals surface area contributed by atoms with Crippen molar-refractivity contribution in [2.45, 2.75) is 32.2 Å². The third-order valence-corrected chi connectivity index (χ3v) is 4.22. The Bertz CT molecular complexity index is 612. The molecule has 1 aliphatic heterocycles. The summed E-state index contributed by atoms with van der Waals surface area (Å²) < 4.78 is 0. The lowest BCUT2D eigenvalue weighted by Crippen LogP contribution is -2.44. The SMILES string of the molecule is Cc1nc(NCCN2CCCCC2CO)c(C#N)cc1C(=O)O. The van der Waals surface area contributed by atoms with Gasteiger partial charge in [-0.3, -0.25) is 4.90 Å². The quantitative estimate of drug-likeness (QED) is 0.723. The molecular weight excluding hydrogens is 296 g/mol. The van der Waals surface area contributed by atoms with Crippen molar-refractivity contribution in [1.82, 2.24) is 9.88 Å². The van der Waals surface area contributed by atoms with E-state index < -0.39 is 5.97 Å². The minimum Gasteiger partial charge on any atom is -0.478 e. The standard InChI is InChI=1S/C16H22N4O3/c1-11-14(16(22)23)8-12(9-17)15(19-11)18-5-7-20-6-3-2-4-13(20)10-21/h8,13,21H,2-7,10H2,1H3,(H,18,19)(H,22,23). The Kier molecular flexibility index (Phi) is 5.90. The van der Waals surface area contributed by atoms with E-state index in [-0.39, 0.29) is 23.8 Å². The van der Waals surface area contributed by atoms with Crippen LogP contribution >= 0.6 is 0 Å². The molecule has 0 amide bonds. The van der Waals surface area contributed by atoms with Gasteiger partial charge in [0.05, 0.1) is 23.4 Å². The zero-order chi connectivity index (χ0) is 16.8. The van der Waals surface area contributed by atoms with Gasteiger partial charge < -0.3 is 15.5 Å². The Morgan fingerprint density at radius 1 is 1.57 bits per heavy atom. The average Bonchev–Trinajstić information content (AvgIpc) is 2.55. The van der Waals surface area contributed by atoms with Crippen molar-refractivity contribution < 1.29 is 15.0 Å². The van der Waals surface area contributed by atoms with Gasteiger partial charge in [-0.15, -0.1) is 0 Å². The molecule has 0 aromatic carbocycles. The van der Waals surface area contributed by atoms with Gasteiger partial charge in [-0.05, 0) is 32.4 Å². The number of nitrogens with zero attached hydrogens (tertiary/aromatic N) is 3. The highest BCUT2D eigenvalue weighted by Gasteiger charge is 2.21. The maximum Gasteiger partial charge on any atom is 0.337 e. The first-order valence-electron chi connectivity index (χ1n) is 7.80. The number of rotatable bonds is 6. The number of aromatic nitrogens is 1. The summed E-state index contributed by atoms with van der Waals surface area (Å²) in [6.45, 7) is 4.07. The van der Waals surface area contributed by atoms with Gasteiger partial charge in [0.15, 0.2) is 0 Å². The van der Waals surface area contributed by atoms with Gasteiger partial charge in [0.25, 0.3) is 0 Å². The van der Waals surface area contributed by atoms with Crippen LogP contribution in [0.4, 0.5) is 5.82 Å². The number of aliphatic hydroxyl groups is 1. The van der Waals surface area contributed by atoms with Crippen LogP contribution in [0.5, 0.6) is 0 Å². The number of pyridine rings is 1. The second kappa shape index (κ2) is 7.90. The Morgan fingerprint density at radius 3 is 3.00 bits per heavy atom. The van der Waals surface area contributed by atoms with Gasteiger partial charge in [0.2, 0.25) is 0 Å². The number of anilines is 1. The molecule has 23 heavy (non-hydrogen) atoms. The molecule has 0 spiro atoms. The van der Waals surface area contributed by atoms with Crippen molar-refractivity contribution in [2.24, 2.45) is 0 Å². The Hall–Kier alpha value is -2.17. The number of carbonyl (C=O) groups is 1. The number of aryl methyl sites for hydroxylation is 1. The summed E-state index contributed by atoms with van der Waals surface area (Å²) in [4.78, 5) is 17.5. The molecule has 124 valence electrons. The number of nitriles is 1. The maximum absolute atomic E-state index is 11.1. The molecule has 1 fully saturated rings. The van der Waals surface area contributed by atoms with Gasteiger partial charge in [-0.1, -0.05) is 6.42 Å². The third-order valence-electron chi connectivity index (χ3n) is 4.22. The Balaban J connectivity index is 2.01. The lowest BCUT2D eigenvalue weighted by molar-refractivity contribution is 0.0695. The van der Waals surface area contributed by atoms with Crippen molar-refractivity contribution in [3.8, 4) is 6.07 Å². The maximum atomic E-state index is 11.1. The first-order valence-corrected chi connectivity index (χ1v) is 7.80. The van der Waals surface area contributed by atoms with E-state index in [4.69, 9.17) is 5.11 Å². The molecule has 2 rings (SSSR count). The van der Waals surface area contributed by atoms with Gasteiger partial charge in [-0.2, -0.15) is 5.26 Å². The number of nitrogens with one attached hydrogen (secondary N) is 1. The predicted octanol–water partition coefficient (Wildman–Crippen LogP) is 1.22. The molecule has 3 N–H and O–H groups in total. The second-order valence-electron chi connectivity index (χ2n) is 5.73. The lowest BCUT2D eigenvalue weighted by Gasteiger charge is -2.34. The first-order chi connectivity index (χ1) is 11.1. The predicted molar refractivity (Wildman–Crippen MR) is 85.4 cm³/mol. The Morgan fingerprint density at radius 2 is 2.35 bits per heavy atom. The summed E-state index contributed by atoms with van der Waals surface area (Å²) in [6.07, 6.45) is 3.28. The monoisotopic (exact) mass is 318 g/mol. The fourth-order valence-electron chi connectivity index (χ4n) is 2.92. The topological polar surface area (TPSA) is 109 Å². The summed E-state index contributed by atoms with van der Waals surface area (Å²) in [5.41, 5.74) is 0.652. The number of aliphatic hydroxyl groups excluding tert-OH is 1. The van der Waals surface area contributed by atoms with Crippen LogP contribution in [0.15, 0.2) is 6.07 Å². The molecule has 1 saturated heterocycles. The van der Waals surface area contributed by atoms with Crippen LogP contribution in [0.25, 0.3) is 0 Å². The second-order valence-corrected chi connectivity index (χ2v) is 5.73. The lowest BCUT2D eigenvalue weighted by atomic mass is 10.0. The van der Waals surface area contributed by atoms with Crippen molar-refractivity contribution in [2.75, 3.05) is 31.6 Å². The third kappa shape index (κ3) is 4.18. The van der Waals surface area contributed by atoms with Gasteiger partial charge in [0, 0.05) is 19.1 Å². The van der Waals surface area contributed by atoms with E-state index in [2.05, 4.69) is 15.2 Å². The normalized spacial score (nSPS) is 18.4. The van der Waals surface area contributed by atoms with E-state index in [1.54, 1.807) is 6.92 Å². The van der Waals surface area contributed by atoms with Crippen molar-refractivity contribution >= 4 is 11.8 Å². The number of piperidine rings is 1. The fourth-order valence-corrected chi connectivity index (χ4v) is 2.92. The molecule has 0 radical (unpaired) electrons. The van der Waals surface area contributed by atoms with Crippen LogP contribution in [0.3, 0.4) is 0 Å². The minimum absolute atomic E-state index is 0.0449. The van der Waals surface area contributed by atoms with Crippen LogP contribution in [0, 0.1) is 18.3 Å². The van der Waals surface area contributed by atoms with Crippen molar-refractivity contribution in [1.29, 1.82) is 5.26 Å². The number of carboxylic acids is 1. The summed E-state index contributed by atoms with van der Waals surface area (Å²) in [5.74, 6) is -0.676. The molecule has 7 heteroatoms. The van der Waals surface area contributed by atoms with E-state index in [0.29, 0.717) is 18.1 Å². The van der Waals surface area contributed by atoms with Crippen LogP contribution in [0.2, 0.25) is 0 Å². The molecule has 0 saturated carbocycles. The zero-order valence-corrected chi connectivity index (χ0v) is 13.2. The summed E-state index contributed by atoms with van der Waals surface area (Å²) >= 11 is 0. The summed E-state index contributed by atoms with van der Waals surface area (Å²) in [6, 6.07) is 3.54. The fraction of sp³-hybridized carbons (Fsp3) is 0.562. The Labute approximate surface area is 135 Å². The van der Waals surface area contributed by atoms with Crippen LogP contribution < -0.4 is 5.32 Å².